The molecule has 2 N–H and O–H groups in total. The quantitative estimate of drug-likeness (QED) is 0.588. The number of rotatable bonds is 10. The minimum absolute atomic E-state index is 0.0563. The van der Waals surface area contributed by atoms with E-state index in [0.717, 1.165) is 43.6 Å². The molecule has 2 amide bonds. The van der Waals surface area contributed by atoms with E-state index in [-0.39, 0.29) is 11.8 Å². The Morgan fingerprint density at radius 2 is 1.83 bits per heavy atom. The van der Waals surface area contributed by atoms with Gasteiger partial charge in [-0.2, -0.15) is 0 Å². The van der Waals surface area contributed by atoms with Crippen LogP contribution in [0.4, 0.5) is 11.4 Å². The van der Waals surface area contributed by atoms with Crippen LogP contribution in [0.5, 0.6) is 0 Å². The maximum absolute atomic E-state index is 12.8. The van der Waals surface area contributed by atoms with Gasteiger partial charge in [0.2, 0.25) is 5.91 Å². The number of anilines is 2. The number of hydrogen-bond donors (Lipinski definition) is 2. The molecular formula is C24H31N3O3. The summed E-state index contributed by atoms with van der Waals surface area (Å²) in [5, 5.41) is 5.91. The van der Waals surface area contributed by atoms with Crippen LogP contribution in [-0.4, -0.2) is 45.2 Å². The Labute approximate surface area is 178 Å². The predicted molar refractivity (Wildman–Crippen MR) is 120 cm³/mol. The Balaban J connectivity index is 1.67. The number of ether oxygens (including phenoxy) is 1. The second-order valence-electron chi connectivity index (χ2n) is 7.56. The summed E-state index contributed by atoms with van der Waals surface area (Å²) < 4.78 is 5.05. The average Bonchev–Trinajstić information content (AvgIpc) is 3.30. The van der Waals surface area contributed by atoms with Crippen LogP contribution in [-0.2, 0) is 16.0 Å². The molecular weight excluding hydrogens is 378 g/mol. The van der Waals surface area contributed by atoms with Gasteiger partial charge in [-0.1, -0.05) is 30.3 Å². The van der Waals surface area contributed by atoms with Crippen LogP contribution in [0, 0.1) is 0 Å². The van der Waals surface area contributed by atoms with Crippen molar-refractivity contribution in [3.05, 3.63) is 59.7 Å². The summed E-state index contributed by atoms with van der Waals surface area (Å²) in [5.74, 6) is -0.174. The molecule has 6 nitrogen and oxygen atoms in total. The molecule has 0 spiro atoms. The summed E-state index contributed by atoms with van der Waals surface area (Å²) in [4.78, 5) is 27.5. The molecule has 1 fully saturated rings. The Morgan fingerprint density at radius 3 is 2.57 bits per heavy atom. The molecule has 3 rings (SSSR count). The third-order valence-electron chi connectivity index (χ3n) is 5.27. The van der Waals surface area contributed by atoms with E-state index in [1.54, 1.807) is 13.2 Å². The number of nitrogens with zero attached hydrogens (tertiary/aromatic N) is 1. The predicted octanol–water partition coefficient (Wildman–Crippen LogP) is 3.62. The average molecular weight is 410 g/mol. The van der Waals surface area contributed by atoms with Crippen molar-refractivity contribution < 1.29 is 14.3 Å². The van der Waals surface area contributed by atoms with Crippen molar-refractivity contribution in [1.82, 2.24) is 5.32 Å². The van der Waals surface area contributed by atoms with Crippen molar-refractivity contribution in [3.63, 3.8) is 0 Å². The van der Waals surface area contributed by atoms with Gasteiger partial charge in [0.15, 0.2) is 0 Å². The lowest BCUT2D eigenvalue weighted by Crippen LogP contribution is -2.29. The summed E-state index contributed by atoms with van der Waals surface area (Å²) in [7, 11) is 1.65. The van der Waals surface area contributed by atoms with Gasteiger partial charge >= 0.3 is 0 Å². The molecule has 0 aromatic heterocycles. The highest BCUT2D eigenvalue weighted by Gasteiger charge is 2.20. The number of amides is 2. The van der Waals surface area contributed by atoms with Crippen molar-refractivity contribution >= 4 is 23.2 Å². The fraction of sp³-hybridized carbons (Fsp3) is 0.417. The zero-order valence-electron chi connectivity index (χ0n) is 17.7. The van der Waals surface area contributed by atoms with E-state index in [9.17, 15) is 9.59 Å². The number of nitrogens with one attached hydrogen (secondary N) is 2. The molecule has 1 aliphatic rings. The normalized spacial score (nSPS) is 13.3. The summed E-state index contributed by atoms with van der Waals surface area (Å²) >= 11 is 0. The van der Waals surface area contributed by atoms with Crippen LogP contribution in [0.15, 0.2) is 48.5 Å². The van der Waals surface area contributed by atoms with Gasteiger partial charge in [-0.3, -0.25) is 9.59 Å². The van der Waals surface area contributed by atoms with Crippen molar-refractivity contribution in [3.8, 4) is 0 Å². The lowest BCUT2D eigenvalue weighted by Gasteiger charge is -2.22. The fourth-order valence-electron chi connectivity index (χ4n) is 3.67. The van der Waals surface area contributed by atoms with Crippen LogP contribution >= 0.6 is 0 Å². The first-order chi connectivity index (χ1) is 14.7. The molecule has 0 saturated carbocycles. The minimum atomic E-state index is -0.117. The van der Waals surface area contributed by atoms with Gasteiger partial charge in [0.25, 0.3) is 5.91 Å². The largest absolute Gasteiger partial charge is 0.385 e. The third-order valence-corrected chi connectivity index (χ3v) is 5.27. The van der Waals surface area contributed by atoms with Crippen molar-refractivity contribution in [2.45, 2.75) is 32.1 Å². The molecule has 6 heteroatoms. The van der Waals surface area contributed by atoms with Gasteiger partial charge in [0, 0.05) is 51.1 Å². The van der Waals surface area contributed by atoms with Crippen LogP contribution in [0.25, 0.3) is 0 Å². The van der Waals surface area contributed by atoms with Crippen LogP contribution in [0.2, 0.25) is 0 Å². The van der Waals surface area contributed by atoms with Crippen molar-refractivity contribution in [2.24, 2.45) is 0 Å². The highest BCUT2D eigenvalue weighted by atomic mass is 16.5. The smallest absolute Gasteiger partial charge is 0.253 e. The first-order valence-corrected chi connectivity index (χ1v) is 10.7. The summed E-state index contributed by atoms with van der Waals surface area (Å²) in [6.45, 7) is 3.07. The highest BCUT2D eigenvalue weighted by molar-refractivity contribution is 6.02. The Bertz CT molecular complexity index is 833. The van der Waals surface area contributed by atoms with E-state index in [0.29, 0.717) is 37.2 Å². The molecule has 2 aromatic carbocycles. The van der Waals surface area contributed by atoms with E-state index in [1.165, 1.54) is 0 Å². The molecule has 1 aliphatic heterocycles. The zero-order valence-corrected chi connectivity index (χ0v) is 17.7. The van der Waals surface area contributed by atoms with Gasteiger partial charge in [-0.15, -0.1) is 0 Å². The fourth-order valence-corrected chi connectivity index (χ4v) is 3.67. The summed E-state index contributed by atoms with van der Waals surface area (Å²) in [6.07, 6.45) is 4.11. The SMILES string of the molecule is COCCCNC(=O)c1cc(NC(=O)CCc2ccccc2)ccc1N1CCCC1. The van der Waals surface area contributed by atoms with Crippen LogP contribution < -0.4 is 15.5 Å². The van der Waals surface area contributed by atoms with E-state index < -0.39 is 0 Å². The first-order valence-electron chi connectivity index (χ1n) is 10.7. The molecule has 2 aromatic rings. The molecule has 0 radical (unpaired) electrons. The maximum Gasteiger partial charge on any atom is 0.253 e. The molecule has 160 valence electrons. The van der Waals surface area contributed by atoms with Gasteiger partial charge in [0.1, 0.15) is 0 Å². The van der Waals surface area contributed by atoms with E-state index in [2.05, 4.69) is 15.5 Å². The standard InChI is InChI=1S/C24H31N3O3/c1-30-17-7-14-25-24(29)21-18-20(11-12-22(21)27-15-5-6-16-27)26-23(28)13-10-19-8-3-2-4-9-19/h2-4,8-9,11-12,18H,5-7,10,13-17H2,1H3,(H,25,29)(H,26,28). The van der Waals surface area contributed by atoms with E-state index in [1.807, 2.05) is 42.5 Å². The van der Waals surface area contributed by atoms with E-state index >= 15 is 0 Å². The Kier molecular flexibility index (Phi) is 8.27. The topological polar surface area (TPSA) is 70.7 Å². The molecule has 1 heterocycles. The number of aryl methyl sites for hydroxylation is 1. The van der Waals surface area contributed by atoms with Crippen LogP contribution in [0.3, 0.4) is 0 Å². The van der Waals surface area contributed by atoms with Gasteiger partial charge in [0.05, 0.1) is 5.56 Å². The number of methoxy groups -OCH3 is 1. The number of hydrogen-bond acceptors (Lipinski definition) is 4. The third kappa shape index (κ3) is 6.32. The highest BCUT2D eigenvalue weighted by Crippen LogP contribution is 2.27. The van der Waals surface area contributed by atoms with E-state index in [4.69, 9.17) is 4.74 Å². The lowest BCUT2D eigenvalue weighted by molar-refractivity contribution is -0.116. The molecule has 1 saturated heterocycles. The molecule has 0 aliphatic carbocycles. The Hall–Kier alpha value is -2.86. The molecule has 30 heavy (non-hydrogen) atoms. The zero-order chi connectivity index (χ0) is 21.2. The summed E-state index contributed by atoms with van der Waals surface area (Å²) in [5.41, 5.74) is 3.32. The second-order valence-corrected chi connectivity index (χ2v) is 7.56. The lowest BCUT2D eigenvalue weighted by atomic mass is 10.1. The minimum Gasteiger partial charge on any atom is -0.385 e. The second kappa shape index (κ2) is 11.4. The first kappa shape index (κ1) is 21.8. The number of carbonyl (C=O) groups is 2. The molecule has 0 atom stereocenters. The van der Waals surface area contributed by atoms with Gasteiger partial charge < -0.3 is 20.3 Å². The van der Waals surface area contributed by atoms with Crippen molar-refractivity contribution in [2.75, 3.05) is 43.6 Å². The number of benzene rings is 2. The molecule has 0 unspecified atom stereocenters. The maximum atomic E-state index is 12.8. The van der Waals surface area contributed by atoms with Gasteiger partial charge in [-0.25, -0.2) is 0 Å². The molecule has 0 bridgehead atoms. The Morgan fingerprint density at radius 1 is 1.07 bits per heavy atom. The monoisotopic (exact) mass is 409 g/mol. The van der Waals surface area contributed by atoms with Gasteiger partial charge in [-0.05, 0) is 49.4 Å². The summed E-state index contributed by atoms with van der Waals surface area (Å²) in [6, 6.07) is 15.6. The van der Waals surface area contributed by atoms with Crippen LogP contribution in [0.1, 0.15) is 41.6 Å². The number of carbonyl (C=O) groups excluding carboxylic acids is 2. The van der Waals surface area contributed by atoms with Crippen molar-refractivity contribution in [1.29, 1.82) is 0 Å².